The summed E-state index contributed by atoms with van der Waals surface area (Å²) >= 11 is 0. The SMILES string of the molecule is CCOc1cccc(C2C(CN)C2(C)C)c1O. The normalized spacial score (nSPS) is 25.6. The van der Waals surface area contributed by atoms with E-state index >= 15 is 0 Å². The molecule has 3 nitrogen and oxygen atoms in total. The van der Waals surface area contributed by atoms with Crippen LogP contribution in [-0.4, -0.2) is 18.3 Å². The maximum absolute atomic E-state index is 10.2. The fourth-order valence-corrected chi connectivity index (χ4v) is 2.86. The van der Waals surface area contributed by atoms with Crippen LogP contribution in [0.3, 0.4) is 0 Å². The highest BCUT2D eigenvalue weighted by Gasteiger charge is 2.58. The molecule has 3 N–H and O–H groups in total. The summed E-state index contributed by atoms with van der Waals surface area (Å²) in [5.41, 5.74) is 6.92. The van der Waals surface area contributed by atoms with Crippen LogP contribution >= 0.6 is 0 Å². The predicted octanol–water partition coefficient (Wildman–Crippen LogP) is 2.49. The summed E-state index contributed by atoms with van der Waals surface area (Å²) in [6, 6.07) is 5.71. The molecule has 1 fully saturated rings. The fraction of sp³-hybridized carbons (Fsp3) is 0.571. The molecule has 0 heterocycles. The molecule has 1 saturated carbocycles. The minimum absolute atomic E-state index is 0.178. The van der Waals surface area contributed by atoms with Crippen molar-refractivity contribution in [1.29, 1.82) is 0 Å². The van der Waals surface area contributed by atoms with Gasteiger partial charge >= 0.3 is 0 Å². The third-order valence-corrected chi connectivity index (χ3v) is 3.97. The molecule has 17 heavy (non-hydrogen) atoms. The van der Waals surface area contributed by atoms with Gasteiger partial charge in [0.2, 0.25) is 0 Å². The third-order valence-electron chi connectivity index (χ3n) is 3.97. The van der Waals surface area contributed by atoms with Gasteiger partial charge in [0.25, 0.3) is 0 Å². The standard InChI is InChI=1S/C14H21NO2/c1-4-17-11-7-5-6-9(13(11)16)12-10(8-15)14(12,2)3/h5-7,10,12,16H,4,8,15H2,1-3H3. The van der Waals surface area contributed by atoms with Gasteiger partial charge < -0.3 is 15.6 Å². The van der Waals surface area contributed by atoms with Gasteiger partial charge in [0, 0.05) is 5.56 Å². The van der Waals surface area contributed by atoms with Crippen LogP contribution in [0.2, 0.25) is 0 Å². The van der Waals surface area contributed by atoms with Crippen LogP contribution in [0.1, 0.15) is 32.3 Å². The van der Waals surface area contributed by atoms with E-state index < -0.39 is 0 Å². The van der Waals surface area contributed by atoms with E-state index in [0.29, 0.717) is 30.7 Å². The average molecular weight is 235 g/mol. The van der Waals surface area contributed by atoms with Gasteiger partial charge in [-0.25, -0.2) is 0 Å². The summed E-state index contributed by atoms with van der Waals surface area (Å²) in [5, 5.41) is 10.2. The number of phenols is 1. The number of benzene rings is 1. The topological polar surface area (TPSA) is 55.5 Å². The Bertz CT molecular complexity index is 415. The Morgan fingerprint density at radius 2 is 2.12 bits per heavy atom. The van der Waals surface area contributed by atoms with Gasteiger partial charge in [-0.15, -0.1) is 0 Å². The molecule has 0 saturated heterocycles. The lowest BCUT2D eigenvalue weighted by molar-refractivity contribution is 0.316. The van der Waals surface area contributed by atoms with E-state index in [1.165, 1.54) is 0 Å². The minimum atomic E-state index is 0.178. The van der Waals surface area contributed by atoms with E-state index in [1.54, 1.807) is 6.07 Å². The number of rotatable bonds is 4. The number of hydrogen-bond donors (Lipinski definition) is 2. The monoisotopic (exact) mass is 235 g/mol. The van der Waals surface area contributed by atoms with Crippen LogP contribution < -0.4 is 10.5 Å². The first-order valence-corrected chi connectivity index (χ1v) is 6.18. The van der Waals surface area contributed by atoms with E-state index in [1.807, 2.05) is 19.1 Å². The largest absolute Gasteiger partial charge is 0.504 e. The van der Waals surface area contributed by atoms with Gasteiger partial charge in [-0.1, -0.05) is 26.0 Å². The number of ether oxygens (including phenoxy) is 1. The molecular formula is C14H21NO2. The summed E-state index contributed by atoms with van der Waals surface area (Å²) in [5.74, 6) is 1.64. The molecule has 0 radical (unpaired) electrons. The quantitative estimate of drug-likeness (QED) is 0.843. The lowest BCUT2D eigenvalue weighted by Gasteiger charge is -2.11. The van der Waals surface area contributed by atoms with Crippen molar-refractivity contribution in [2.75, 3.05) is 13.2 Å². The molecule has 0 aromatic heterocycles. The Morgan fingerprint density at radius 3 is 2.65 bits per heavy atom. The highest BCUT2D eigenvalue weighted by molar-refractivity contribution is 5.50. The molecule has 0 amide bonds. The molecule has 1 aliphatic rings. The molecule has 1 aromatic carbocycles. The first-order chi connectivity index (χ1) is 8.04. The lowest BCUT2D eigenvalue weighted by Crippen LogP contribution is -2.05. The molecule has 2 atom stereocenters. The molecule has 3 heteroatoms. The summed E-state index contributed by atoms with van der Waals surface area (Å²) < 4.78 is 5.41. The molecule has 0 aliphatic heterocycles. The second-order valence-corrected chi connectivity index (χ2v) is 5.27. The van der Waals surface area contributed by atoms with Crippen molar-refractivity contribution in [1.82, 2.24) is 0 Å². The first-order valence-electron chi connectivity index (χ1n) is 6.18. The Balaban J connectivity index is 2.32. The zero-order chi connectivity index (χ0) is 12.6. The maximum atomic E-state index is 10.2. The molecule has 2 rings (SSSR count). The second-order valence-electron chi connectivity index (χ2n) is 5.27. The molecule has 0 bridgehead atoms. The fourth-order valence-electron chi connectivity index (χ4n) is 2.86. The smallest absolute Gasteiger partial charge is 0.161 e. The van der Waals surface area contributed by atoms with Crippen molar-refractivity contribution in [3.05, 3.63) is 23.8 Å². The van der Waals surface area contributed by atoms with E-state index in [2.05, 4.69) is 13.8 Å². The number of hydrogen-bond acceptors (Lipinski definition) is 3. The summed E-state index contributed by atoms with van der Waals surface area (Å²) in [6.07, 6.45) is 0. The predicted molar refractivity (Wildman–Crippen MR) is 68.3 cm³/mol. The first kappa shape index (κ1) is 12.2. The molecule has 94 valence electrons. The van der Waals surface area contributed by atoms with Gasteiger partial charge in [0.1, 0.15) is 0 Å². The van der Waals surface area contributed by atoms with E-state index in [0.717, 1.165) is 5.56 Å². The second kappa shape index (κ2) is 4.22. The molecule has 1 aromatic rings. The van der Waals surface area contributed by atoms with Crippen molar-refractivity contribution in [3.8, 4) is 11.5 Å². The van der Waals surface area contributed by atoms with Gasteiger partial charge in [0.15, 0.2) is 11.5 Å². The zero-order valence-electron chi connectivity index (χ0n) is 10.7. The zero-order valence-corrected chi connectivity index (χ0v) is 10.7. The Hall–Kier alpha value is -1.22. The van der Waals surface area contributed by atoms with Crippen LogP contribution in [0, 0.1) is 11.3 Å². The van der Waals surface area contributed by atoms with Crippen LogP contribution in [0.25, 0.3) is 0 Å². The van der Waals surface area contributed by atoms with Gasteiger partial charge in [-0.2, -0.15) is 0 Å². The lowest BCUT2D eigenvalue weighted by atomic mass is 10.0. The number of aromatic hydroxyl groups is 1. The van der Waals surface area contributed by atoms with Crippen LogP contribution in [-0.2, 0) is 0 Å². The number of nitrogens with two attached hydrogens (primary N) is 1. The number of phenolic OH excluding ortho intramolecular Hbond substituents is 1. The average Bonchev–Trinajstić information content (AvgIpc) is 2.84. The van der Waals surface area contributed by atoms with Crippen LogP contribution in [0.4, 0.5) is 0 Å². The van der Waals surface area contributed by atoms with Crippen molar-refractivity contribution in [2.24, 2.45) is 17.1 Å². The Kier molecular flexibility index (Phi) is 3.04. The molecule has 2 unspecified atom stereocenters. The summed E-state index contributed by atoms with van der Waals surface area (Å²) in [6.45, 7) is 7.53. The molecule has 0 spiro atoms. The third kappa shape index (κ3) is 1.89. The van der Waals surface area contributed by atoms with Crippen molar-refractivity contribution < 1.29 is 9.84 Å². The van der Waals surface area contributed by atoms with E-state index in [-0.39, 0.29) is 11.2 Å². The van der Waals surface area contributed by atoms with Gasteiger partial charge in [-0.3, -0.25) is 0 Å². The van der Waals surface area contributed by atoms with Crippen molar-refractivity contribution >= 4 is 0 Å². The highest BCUT2D eigenvalue weighted by atomic mass is 16.5. The molecular weight excluding hydrogens is 214 g/mol. The van der Waals surface area contributed by atoms with E-state index in [4.69, 9.17) is 10.5 Å². The van der Waals surface area contributed by atoms with Crippen molar-refractivity contribution in [2.45, 2.75) is 26.7 Å². The highest BCUT2D eigenvalue weighted by Crippen LogP contribution is 2.65. The van der Waals surface area contributed by atoms with Crippen molar-refractivity contribution in [3.63, 3.8) is 0 Å². The Labute approximate surface area is 103 Å². The van der Waals surface area contributed by atoms with Gasteiger partial charge in [0.05, 0.1) is 6.61 Å². The van der Waals surface area contributed by atoms with Gasteiger partial charge in [-0.05, 0) is 36.8 Å². The molecule has 1 aliphatic carbocycles. The van der Waals surface area contributed by atoms with E-state index in [9.17, 15) is 5.11 Å². The number of para-hydroxylation sites is 1. The maximum Gasteiger partial charge on any atom is 0.161 e. The minimum Gasteiger partial charge on any atom is -0.504 e. The van der Waals surface area contributed by atoms with Crippen LogP contribution in [0.15, 0.2) is 18.2 Å². The summed E-state index contributed by atoms with van der Waals surface area (Å²) in [7, 11) is 0. The Morgan fingerprint density at radius 1 is 1.41 bits per heavy atom. The summed E-state index contributed by atoms with van der Waals surface area (Å²) in [4.78, 5) is 0. The van der Waals surface area contributed by atoms with Crippen LogP contribution in [0.5, 0.6) is 11.5 Å².